The normalized spacial score (nSPS) is 16.8. The zero-order valence-electron chi connectivity index (χ0n) is 15.0. The van der Waals surface area contributed by atoms with E-state index in [-0.39, 0.29) is 0 Å². The molecule has 2 aromatic rings. The van der Waals surface area contributed by atoms with Crippen molar-refractivity contribution in [2.24, 2.45) is 0 Å². The van der Waals surface area contributed by atoms with E-state index in [4.69, 9.17) is 11.6 Å². The lowest BCUT2D eigenvalue weighted by molar-refractivity contribution is 1.07. The summed E-state index contributed by atoms with van der Waals surface area (Å²) in [4.78, 5) is 8.50. The molecule has 4 rings (SSSR count). The highest BCUT2D eigenvalue weighted by molar-refractivity contribution is 7.15. The van der Waals surface area contributed by atoms with E-state index in [1.807, 2.05) is 23.4 Å². The molecule has 3 nitrogen and oxygen atoms in total. The fraction of sp³-hybridized carbons (Fsp3) is 0.136. The molecule has 136 valence electrons. The number of hydrogen-bond donors (Lipinski definition) is 1. The molecule has 1 aliphatic carbocycles. The van der Waals surface area contributed by atoms with Crippen LogP contribution in [0.2, 0.25) is 0 Å². The van der Waals surface area contributed by atoms with Crippen LogP contribution < -0.4 is 10.2 Å². The van der Waals surface area contributed by atoms with Crippen molar-refractivity contribution in [2.75, 3.05) is 10.2 Å². The highest BCUT2D eigenvalue weighted by Gasteiger charge is 2.29. The van der Waals surface area contributed by atoms with Crippen LogP contribution in [0.4, 0.5) is 11.4 Å². The van der Waals surface area contributed by atoms with Crippen molar-refractivity contribution in [2.45, 2.75) is 18.8 Å². The lowest BCUT2D eigenvalue weighted by atomic mass is 10.1. The molecule has 1 fully saturated rings. The molecular weight excluding hydrogens is 374 g/mol. The number of nitrogens with zero attached hydrogens (tertiary/aromatic N) is 2. The summed E-state index contributed by atoms with van der Waals surface area (Å²) >= 11 is 7.80. The molecule has 0 spiro atoms. The number of allylic oxidation sites excluding steroid dienone is 4. The third-order valence-electron chi connectivity index (χ3n) is 4.71. The van der Waals surface area contributed by atoms with Gasteiger partial charge in [0.15, 0.2) is 0 Å². The van der Waals surface area contributed by atoms with Crippen molar-refractivity contribution in [3.8, 4) is 0 Å². The van der Waals surface area contributed by atoms with Crippen LogP contribution in [0.1, 0.15) is 34.1 Å². The largest absolute Gasteiger partial charge is 0.341 e. The first-order valence-electron chi connectivity index (χ1n) is 8.71. The molecule has 27 heavy (non-hydrogen) atoms. The van der Waals surface area contributed by atoms with Gasteiger partial charge in [-0.05, 0) is 36.5 Å². The Labute approximate surface area is 168 Å². The number of rotatable bonds is 5. The molecule has 1 saturated carbocycles. The third kappa shape index (κ3) is 3.27. The monoisotopic (exact) mass is 393 g/mol. The number of hydrogen-bond acceptors (Lipinski definition) is 4. The van der Waals surface area contributed by atoms with Gasteiger partial charge in [-0.25, -0.2) is 0 Å². The molecule has 5 heteroatoms. The molecule has 1 aliphatic heterocycles. The van der Waals surface area contributed by atoms with Crippen LogP contribution in [-0.4, -0.2) is 4.98 Å². The standard InChI is InChI=1S/C22H20ClN3S/c1-5-6-19(13(2)23)21-10-20-22(27-21)14(3)26(15(4)25-20)18-9-17(11-24-12-18)16-7-8-16/h5-6,9-12,16,25H,1-4,7-8H2/b19-6+. The highest BCUT2D eigenvalue weighted by Crippen LogP contribution is 2.46. The van der Waals surface area contributed by atoms with E-state index in [0.29, 0.717) is 11.0 Å². The summed E-state index contributed by atoms with van der Waals surface area (Å²) in [6.45, 7) is 16.1. The van der Waals surface area contributed by atoms with Crippen molar-refractivity contribution >= 4 is 45.6 Å². The molecule has 0 radical (unpaired) electrons. The maximum atomic E-state index is 6.18. The number of halogens is 1. The number of aromatic nitrogens is 1. The Morgan fingerprint density at radius 1 is 1.30 bits per heavy atom. The second-order valence-corrected chi connectivity index (χ2v) is 8.19. The van der Waals surface area contributed by atoms with Crippen LogP contribution in [0.3, 0.4) is 0 Å². The lowest BCUT2D eigenvalue weighted by Gasteiger charge is -2.33. The van der Waals surface area contributed by atoms with Crippen LogP contribution in [0.5, 0.6) is 0 Å². The van der Waals surface area contributed by atoms with Crippen molar-refractivity contribution < 1.29 is 0 Å². The lowest BCUT2D eigenvalue weighted by Crippen LogP contribution is -2.28. The first-order chi connectivity index (χ1) is 13.0. The van der Waals surface area contributed by atoms with Gasteiger partial charge in [-0.2, -0.15) is 0 Å². The molecule has 2 aromatic heterocycles. The Kier molecular flexibility index (Phi) is 4.54. The first kappa shape index (κ1) is 17.8. The number of fused-ring (bicyclic) bond motifs is 1. The minimum Gasteiger partial charge on any atom is -0.341 e. The van der Waals surface area contributed by atoms with E-state index in [1.54, 1.807) is 17.4 Å². The maximum Gasteiger partial charge on any atom is 0.108 e. The maximum absolute atomic E-state index is 6.18. The quantitative estimate of drug-likeness (QED) is 0.571. The summed E-state index contributed by atoms with van der Waals surface area (Å²) in [7, 11) is 0. The average molecular weight is 394 g/mol. The van der Waals surface area contributed by atoms with Gasteiger partial charge >= 0.3 is 0 Å². The van der Waals surface area contributed by atoms with Gasteiger partial charge in [-0.1, -0.05) is 50.1 Å². The van der Waals surface area contributed by atoms with Gasteiger partial charge in [0.05, 0.1) is 28.1 Å². The third-order valence-corrected chi connectivity index (χ3v) is 6.13. The molecule has 0 aromatic carbocycles. The van der Waals surface area contributed by atoms with Crippen LogP contribution in [0.15, 0.2) is 73.8 Å². The second-order valence-electron chi connectivity index (χ2n) is 6.68. The van der Waals surface area contributed by atoms with Crippen molar-refractivity contribution in [3.05, 3.63) is 89.2 Å². The zero-order chi connectivity index (χ0) is 19.1. The Morgan fingerprint density at radius 2 is 2.07 bits per heavy atom. The summed E-state index contributed by atoms with van der Waals surface area (Å²) in [6, 6.07) is 4.24. The minimum absolute atomic E-state index is 0.483. The molecular formula is C22H20ClN3S. The molecule has 0 amide bonds. The van der Waals surface area contributed by atoms with Gasteiger partial charge in [0, 0.05) is 21.7 Å². The van der Waals surface area contributed by atoms with E-state index in [1.165, 1.54) is 18.4 Å². The Bertz CT molecular complexity index is 1010. The van der Waals surface area contributed by atoms with E-state index in [9.17, 15) is 0 Å². The van der Waals surface area contributed by atoms with E-state index >= 15 is 0 Å². The van der Waals surface area contributed by atoms with E-state index in [0.717, 1.165) is 38.2 Å². The van der Waals surface area contributed by atoms with Crippen LogP contribution in [0.25, 0.3) is 11.3 Å². The van der Waals surface area contributed by atoms with Gasteiger partial charge in [-0.15, -0.1) is 11.3 Å². The van der Waals surface area contributed by atoms with Crippen LogP contribution in [-0.2, 0) is 0 Å². The molecule has 0 bridgehead atoms. The van der Waals surface area contributed by atoms with Gasteiger partial charge in [0.25, 0.3) is 0 Å². The predicted molar refractivity (Wildman–Crippen MR) is 118 cm³/mol. The van der Waals surface area contributed by atoms with Gasteiger partial charge < -0.3 is 5.32 Å². The fourth-order valence-corrected chi connectivity index (χ4v) is 4.60. The van der Waals surface area contributed by atoms with Gasteiger partial charge in [-0.3, -0.25) is 9.88 Å². The SMILES string of the molecule is C=C/C=C(\C(=C)Cl)c1cc2c(s1)C(=C)N(c1cncc(C3CC3)c1)C(=C)N2. The van der Waals surface area contributed by atoms with Crippen molar-refractivity contribution in [1.29, 1.82) is 0 Å². The predicted octanol–water partition coefficient (Wildman–Crippen LogP) is 6.72. The van der Waals surface area contributed by atoms with E-state index < -0.39 is 0 Å². The Balaban J connectivity index is 1.72. The summed E-state index contributed by atoms with van der Waals surface area (Å²) in [6.07, 6.45) is 9.87. The molecule has 0 unspecified atom stereocenters. The molecule has 3 heterocycles. The summed E-state index contributed by atoms with van der Waals surface area (Å²) in [5.41, 5.74) is 4.96. The van der Waals surface area contributed by atoms with Crippen molar-refractivity contribution in [3.63, 3.8) is 0 Å². The topological polar surface area (TPSA) is 28.2 Å². The fourth-order valence-electron chi connectivity index (χ4n) is 3.25. The average Bonchev–Trinajstić information content (AvgIpc) is 3.40. The molecule has 0 saturated heterocycles. The number of nitrogens with one attached hydrogen (secondary N) is 1. The number of pyridine rings is 1. The molecule has 2 aliphatic rings. The Morgan fingerprint density at radius 3 is 2.74 bits per heavy atom. The van der Waals surface area contributed by atoms with Crippen LogP contribution >= 0.6 is 22.9 Å². The minimum atomic E-state index is 0.483. The van der Waals surface area contributed by atoms with Crippen molar-refractivity contribution in [1.82, 2.24) is 4.98 Å². The zero-order valence-corrected chi connectivity index (χ0v) is 16.5. The smallest absolute Gasteiger partial charge is 0.108 e. The number of thiophene rings is 1. The van der Waals surface area contributed by atoms with Gasteiger partial charge in [0.1, 0.15) is 5.82 Å². The summed E-state index contributed by atoms with van der Waals surface area (Å²) in [5, 5.41) is 3.87. The second kappa shape index (κ2) is 6.87. The first-order valence-corrected chi connectivity index (χ1v) is 9.91. The van der Waals surface area contributed by atoms with E-state index in [2.05, 4.69) is 48.7 Å². The molecule has 0 atom stereocenters. The number of anilines is 2. The summed E-state index contributed by atoms with van der Waals surface area (Å²) < 4.78 is 0. The summed E-state index contributed by atoms with van der Waals surface area (Å²) in [5.74, 6) is 1.40. The Hall–Kier alpha value is -2.56. The van der Waals surface area contributed by atoms with Gasteiger partial charge in [0.2, 0.25) is 0 Å². The molecule has 1 N–H and O–H groups in total. The highest BCUT2D eigenvalue weighted by atomic mass is 35.5. The van der Waals surface area contributed by atoms with Crippen LogP contribution in [0, 0.1) is 0 Å².